The van der Waals surface area contributed by atoms with Crippen molar-refractivity contribution in [3.8, 4) is 0 Å². The average molecular weight is 242 g/mol. The summed E-state index contributed by atoms with van der Waals surface area (Å²) in [6, 6.07) is 0. The number of ether oxygens (including phenoxy) is 1. The van der Waals surface area contributed by atoms with Crippen molar-refractivity contribution in [3.05, 3.63) is 0 Å². The fourth-order valence-electron chi connectivity index (χ4n) is 3.28. The summed E-state index contributed by atoms with van der Waals surface area (Å²) in [4.78, 5) is 0. The van der Waals surface area contributed by atoms with E-state index in [4.69, 9.17) is 4.74 Å². The van der Waals surface area contributed by atoms with Gasteiger partial charge in [-0.1, -0.05) is 46.0 Å². The summed E-state index contributed by atoms with van der Waals surface area (Å²) in [6.07, 6.45) is 10.5. The molecule has 1 aliphatic carbocycles. The van der Waals surface area contributed by atoms with Crippen molar-refractivity contribution in [2.24, 2.45) is 5.92 Å². The van der Waals surface area contributed by atoms with Crippen LogP contribution in [0.5, 0.6) is 0 Å². The Morgan fingerprint density at radius 3 is 2.24 bits per heavy atom. The molecule has 0 saturated heterocycles. The van der Waals surface area contributed by atoms with E-state index in [-0.39, 0.29) is 11.7 Å². The van der Waals surface area contributed by atoms with Gasteiger partial charge in [0, 0.05) is 7.11 Å². The quantitative estimate of drug-likeness (QED) is 0.733. The number of aliphatic hydroxyl groups is 1. The van der Waals surface area contributed by atoms with E-state index in [0.717, 1.165) is 25.2 Å². The van der Waals surface area contributed by atoms with E-state index in [0.29, 0.717) is 0 Å². The maximum atomic E-state index is 10.4. The molecule has 0 radical (unpaired) electrons. The van der Waals surface area contributed by atoms with Crippen LogP contribution in [0.2, 0.25) is 0 Å². The first-order valence-corrected chi connectivity index (χ1v) is 7.41. The van der Waals surface area contributed by atoms with Gasteiger partial charge in [-0.2, -0.15) is 0 Å². The topological polar surface area (TPSA) is 29.5 Å². The Hall–Kier alpha value is -0.0800. The zero-order valence-electron chi connectivity index (χ0n) is 11.9. The molecule has 1 unspecified atom stereocenters. The minimum absolute atomic E-state index is 0.301. The molecule has 2 heteroatoms. The molecule has 1 saturated carbocycles. The molecule has 0 aromatic carbocycles. The highest BCUT2D eigenvalue weighted by molar-refractivity contribution is 4.86. The molecular formula is C15H30O2. The molecule has 1 fully saturated rings. The fraction of sp³-hybridized carbons (Fsp3) is 1.00. The summed E-state index contributed by atoms with van der Waals surface area (Å²) >= 11 is 0. The fourth-order valence-corrected chi connectivity index (χ4v) is 3.28. The second-order valence-electron chi connectivity index (χ2n) is 5.57. The van der Waals surface area contributed by atoms with Crippen molar-refractivity contribution in [2.45, 2.75) is 83.3 Å². The summed E-state index contributed by atoms with van der Waals surface area (Å²) in [5.41, 5.74) is -0.311. The smallest absolute Gasteiger partial charge is 0.0931 e. The number of aliphatic hydroxyl groups excluding tert-OH is 1. The molecule has 2 nitrogen and oxygen atoms in total. The third kappa shape index (κ3) is 3.96. The van der Waals surface area contributed by atoms with E-state index < -0.39 is 0 Å². The molecule has 0 aromatic rings. The van der Waals surface area contributed by atoms with Gasteiger partial charge in [0.25, 0.3) is 0 Å². The molecule has 0 heterocycles. The van der Waals surface area contributed by atoms with Crippen LogP contribution in [-0.2, 0) is 4.74 Å². The van der Waals surface area contributed by atoms with Gasteiger partial charge in [-0.3, -0.25) is 0 Å². The minimum atomic E-state index is -0.311. The summed E-state index contributed by atoms with van der Waals surface area (Å²) in [5.74, 6) is 0.849. The Bertz CT molecular complexity index is 185. The predicted octanol–water partition coefficient (Wildman–Crippen LogP) is 3.91. The lowest BCUT2D eigenvalue weighted by atomic mass is 9.82. The Kier molecular flexibility index (Phi) is 6.50. The SMILES string of the molecule is CCC(CC)(OC)C(O)CCC1CCCCC1. The Morgan fingerprint density at radius 1 is 1.18 bits per heavy atom. The lowest BCUT2D eigenvalue weighted by Gasteiger charge is -2.36. The summed E-state index contributed by atoms with van der Waals surface area (Å²) in [6.45, 7) is 4.22. The zero-order chi connectivity index (χ0) is 12.7. The monoisotopic (exact) mass is 242 g/mol. The normalized spacial score (nSPS) is 20.5. The van der Waals surface area contributed by atoms with E-state index in [1.807, 2.05) is 0 Å². The van der Waals surface area contributed by atoms with Crippen LogP contribution in [0.15, 0.2) is 0 Å². The third-order valence-corrected chi connectivity index (χ3v) is 4.78. The molecule has 0 aliphatic heterocycles. The Balaban J connectivity index is 2.38. The average Bonchev–Trinajstić information content (AvgIpc) is 2.40. The van der Waals surface area contributed by atoms with Gasteiger partial charge in [0.2, 0.25) is 0 Å². The summed E-state index contributed by atoms with van der Waals surface area (Å²) in [7, 11) is 1.73. The van der Waals surface area contributed by atoms with Crippen LogP contribution in [0.1, 0.15) is 71.6 Å². The van der Waals surface area contributed by atoms with Crippen molar-refractivity contribution in [3.63, 3.8) is 0 Å². The molecule has 0 bridgehead atoms. The zero-order valence-corrected chi connectivity index (χ0v) is 11.9. The van der Waals surface area contributed by atoms with Gasteiger partial charge >= 0.3 is 0 Å². The third-order valence-electron chi connectivity index (χ3n) is 4.78. The summed E-state index contributed by atoms with van der Waals surface area (Å²) in [5, 5.41) is 10.4. The molecule has 1 aliphatic rings. The van der Waals surface area contributed by atoms with Crippen molar-refractivity contribution in [2.75, 3.05) is 7.11 Å². The molecule has 1 N–H and O–H groups in total. The van der Waals surface area contributed by atoms with Crippen molar-refractivity contribution >= 4 is 0 Å². The molecule has 1 rings (SSSR count). The highest BCUT2D eigenvalue weighted by Gasteiger charge is 2.34. The van der Waals surface area contributed by atoms with Crippen LogP contribution in [-0.4, -0.2) is 23.9 Å². The van der Waals surface area contributed by atoms with Gasteiger partial charge in [0.1, 0.15) is 0 Å². The van der Waals surface area contributed by atoms with Crippen LogP contribution < -0.4 is 0 Å². The predicted molar refractivity (Wildman–Crippen MR) is 72.1 cm³/mol. The first-order chi connectivity index (χ1) is 8.18. The lowest BCUT2D eigenvalue weighted by Crippen LogP contribution is -2.43. The van der Waals surface area contributed by atoms with E-state index in [2.05, 4.69) is 13.8 Å². The highest BCUT2D eigenvalue weighted by atomic mass is 16.5. The minimum Gasteiger partial charge on any atom is -0.390 e. The summed E-state index contributed by atoms with van der Waals surface area (Å²) < 4.78 is 5.59. The van der Waals surface area contributed by atoms with Gasteiger partial charge < -0.3 is 9.84 Å². The number of methoxy groups -OCH3 is 1. The number of hydrogen-bond acceptors (Lipinski definition) is 2. The van der Waals surface area contributed by atoms with Crippen LogP contribution in [0, 0.1) is 5.92 Å². The largest absolute Gasteiger partial charge is 0.390 e. The Labute approximate surface area is 107 Å². The van der Waals surface area contributed by atoms with Gasteiger partial charge in [0.05, 0.1) is 11.7 Å². The second kappa shape index (κ2) is 7.38. The van der Waals surface area contributed by atoms with Crippen LogP contribution in [0.3, 0.4) is 0 Å². The molecule has 0 amide bonds. The molecule has 102 valence electrons. The molecular weight excluding hydrogens is 212 g/mol. The van der Waals surface area contributed by atoms with E-state index in [1.54, 1.807) is 7.11 Å². The van der Waals surface area contributed by atoms with Crippen molar-refractivity contribution < 1.29 is 9.84 Å². The molecule has 17 heavy (non-hydrogen) atoms. The van der Waals surface area contributed by atoms with Gasteiger partial charge in [-0.25, -0.2) is 0 Å². The van der Waals surface area contributed by atoms with E-state index in [1.165, 1.54) is 38.5 Å². The van der Waals surface area contributed by atoms with Gasteiger partial charge in [-0.05, 0) is 31.6 Å². The molecule has 0 aromatic heterocycles. The van der Waals surface area contributed by atoms with Crippen molar-refractivity contribution in [1.82, 2.24) is 0 Å². The first-order valence-electron chi connectivity index (χ1n) is 7.41. The maximum Gasteiger partial charge on any atom is 0.0931 e. The second-order valence-corrected chi connectivity index (χ2v) is 5.57. The number of rotatable bonds is 7. The molecule has 1 atom stereocenters. The van der Waals surface area contributed by atoms with Crippen molar-refractivity contribution in [1.29, 1.82) is 0 Å². The first kappa shape index (κ1) is 15.0. The van der Waals surface area contributed by atoms with E-state index in [9.17, 15) is 5.11 Å². The maximum absolute atomic E-state index is 10.4. The highest BCUT2D eigenvalue weighted by Crippen LogP contribution is 2.32. The van der Waals surface area contributed by atoms with E-state index >= 15 is 0 Å². The van der Waals surface area contributed by atoms with Gasteiger partial charge in [0.15, 0.2) is 0 Å². The standard InChI is InChI=1S/C15H30O2/c1-4-15(5-2,17-3)14(16)12-11-13-9-7-6-8-10-13/h13-14,16H,4-12H2,1-3H3. The van der Waals surface area contributed by atoms with Crippen LogP contribution >= 0.6 is 0 Å². The number of hydrogen-bond donors (Lipinski definition) is 1. The van der Waals surface area contributed by atoms with Crippen LogP contribution in [0.4, 0.5) is 0 Å². The van der Waals surface area contributed by atoms with Gasteiger partial charge in [-0.15, -0.1) is 0 Å². The Morgan fingerprint density at radius 2 is 1.76 bits per heavy atom. The molecule has 0 spiro atoms. The van der Waals surface area contributed by atoms with Crippen LogP contribution in [0.25, 0.3) is 0 Å². The lowest BCUT2D eigenvalue weighted by molar-refractivity contribution is -0.111.